The quantitative estimate of drug-likeness (QED) is 0.465. The van der Waals surface area contributed by atoms with Gasteiger partial charge >= 0.3 is 0 Å². The van der Waals surface area contributed by atoms with Crippen LogP contribution in [0.2, 0.25) is 0 Å². The van der Waals surface area contributed by atoms with E-state index in [1.807, 2.05) is 36.6 Å². The Bertz CT molecular complexity index is 1200. The van der Waals surface area contributed by atoms with Crippen LogP contribution in [0.25, 0.3) is 6.08 Å². The number of hydrogen-bond donors (Lipinski definition) is 2. The minimum absolute atomic E-state index is 0.0671. The summed E-state index contributed by atoms with van der Waals surface area (Å²) in [5.74, 6) is -0.261. The average Bonchev–Trinajstić information content (AvgIpc) is 3.46. The van der Waals surface area contributed by atoms with Gasteiger partial charge in [-0.25, -0.2) is 18.1 Å². The van der Waals surface area contributed by atoms with Crippen molar-refractivity contribution in [1.29, 1.82) is 0 Å². The number of hydrogen-bond acceptors (Lipinski definition) is 6. The number of aromatic nitrogens is 1. The van der Waals surface area contributed by atoms with E-state index in [4.69, 9.17) is 0 Å². The van der Waals surface area contributed by atoms with Gasteiger partial charge in [-0.15, -0.1) is 11.3 Å². The number of aryl methyl sites for hydroxylation is 1. The Morgan fingerprint density at radius 3 is 2.45 bits per heavy atom. The van der Waals surface area contributed by atoms with Crippen LogP contribution in [0.5, 0.6) is 0 Å². The second-order valence-electron chi connectivity index (χ2n) is 7.17. The molecular weight excluding hydrogens is 450 g/mol. The normalized spacial score (nSPS) is 14.1. The smallest absolute Gasteiger partial charge is 0.248 e. The number of sulfonamides is 1. The molecule has 0 saturated heterocycles. The van der Waals surface area contributed by atoms with Crippen LogP contribution in [0.1, 0.15) is 24.1 Å². The third-order valence-electron chi connectivity index (χ3n) is 4.44. The Morgan fingerprint density at radius 2 is 1.84 bits per heavy atom. The van der Waals surface area contributed by atoms with Gasteiger partial charge in [-0.05, 0) is 67.8 Å². The summed E-state index contributed by atoms with van der Waals surface area (Å²) in [6.07, 6.45) is 4.85. The lowest BCUT2D eigenvalue weighted by Gasteiger charge is -2.05. The van der Waals surface area contributed by atoms with Crippen LogP contribution in [-0.2, 0) is 14.8 Å². The fourth-order valence-corrected chi connectivity index (χ4v) is 5.80. The van der Waals surface area contributed by atoms with E-state index < -0.39 is 10.0 Å². The number of carbonyl (C=O) groups excluding carboxylic acids is 1. The molecule has 1 saturated carbocycles. The molecule has 1 aliphatic rings. The molecule has 2 N–H and O–H groups in total. The molecule has 0 spiro atoms. The highest BCUT2D eigenvalue weighted by Gasteiger charge is 2.27. The zero-order valence-electron chi connectivity index (χ0n) is 16.7. The van der Waals surface area contributed by atoms with E-state index >= 15 is 0 Å². The van der Waals surface area contributed by atoms with E-state index in [9.17, 15) is 13.2 Å². The molecule has 2 aromatic carbocycles. The maximum atomic E-state index is 12.2. The summed E-state index contributed by atoms with van der Waals surface area (Å²) in [4.78, 5) is 17.9. The molecule has 0 aliphatic heterocycles. The van der Waals surface area contributed by atoms with Gasteiger partial charge in [0.25, 0.3) is 0 Å². The summed E-state index contributed by atoms with van der Waals surface area (Å²) in [5, 5.41) is 4.83. The monoisotopic (exact) mass is 471 g/mol. The van der Waals surface area contributed by atoms with Gasteiger partial charge in [0, 0.05) is 33.8 Å². The molecule has 0 unspecified atom stereocenters. The van der Waals surface area contributed by atoms with Crippen LogP contribution in [-0.4, -0.2) is 25.4 Å². The number of anilines is 1. The molecule has 9 heteroatoms. The minimum atomic E-state index is -3.47. The largest absolute Gasteiger partial charge is 0.323 e. The zero-order valence-corrected chi connectivity index (χ0v) is 19.2. The molecule has 0 atom stereocenters. The van der Waals surface area contributed by atoms with Gasteiger partial charge in [0.1, 0.15) is 0 Å². The molecule has 1 aliphatic carbocycles. The number of benzene rings is 2. The first-order valence-corrected chi connectivity index (χ1v) is 12.9. The molecule has 4 rings (SSSR count). The number of nitrogens with one attached hydrogen (secondary N) is 2. The predicted octanol–water partition coefficient (Wildman–Crippen LogP) is 4.70. The Morgan fingerprint density at radius 1 is 1.13 bits per heavy atom. The first-order chi connectivity index (χ1) is 14.9. The van der Waals surface area contributed by atoms with Crippen molar-refractivity contribution in [3.8, 4) is 0 Å². The fraction of sp³-hybridized carbons (Fsp3) is 0.182. The van der Waals surface area contributed by atoms with Crippen molar-refractivity contribution in [2.24, 2.45) is 0 Å². The van der Waals surface area contributed by atoms with E-state index in [0.29, 0.717) is 5.69 Å². The summed E-state index contributed by atoms with van der Waals surface area (Å²) in [6.45, 7) is 1.97. The van der Waals surface area contributed by atoms with Gasteiger partial charge in [-0.3, -0.25) is 4.79 Å². The van der Waals surface area contributed by atoms with Crippen LogP contribution in [0.4, 0.5) is 5.69 Å². The van der Waals surface area contributed by atoms with Crippen molar-refractivity contribution in [3.05, 3.63) is 71.2 Å². The van der Waals surface area contributed by atoms with Gasteiger partial charge in [-0.1, -0.05) is 23.9 Å². The summed E-state index contributed by atoms with van der Waals surface area (Å²) in [5.41, 5.74) is 2.45. The summed E-state index contributed by atoms with van der Waals surface area (Å²) in [6, 6.07) is 14.1. The molecule has 0 radical (unpaired) electrons. The van der Waals surface area contributed by atoms with E-state index in [2.05, 4.69) is 15.0 Å². The second kappa shape index (κ2) is 9.35. The van der Waals surface area contributed by atoms with Crippen molar-refractivity contribution in [2.45, 2.75) is 39.9 Å². The number of thiazole rings is 1. The van der Waals surface area contributed by atoms with Gasteiger partial charge in [0.05, 0.1) is 4.90 Å². The Labute approximate surface area is 189 Å². The standard InChI is InChI=1S/C22H21N3O3S3/c1-15-14-29-22(23-15)30-19-9-7-17(8-10-19)24-21(26)13-4-16-2-11-20(12-3-16)31(27,28)25-18-5-6-18/h2-4,7-14,18,25H,5-6H2,1H3,(H,24,26)/b13-4+. The van der Waals surface area contributed by atoms with Crippen molar-refractivity contribution in [2.75, 3.05) is 5.32 Å². The third-order valence-corrected chi connectivity index (χ3v) is 8.04. The molecule has 6 nitrogen and oxygen atoms in total. The lowest BCUT2D eigenvalue weighted by Crippen LogP contribution is -2.25. The first-order valence-electron chi connectivity index (χ1n) is 9.69. The van der Waals surface area contributed by atoms with Crippen LogP contribution in [0, 0.1) is 6.92 Å². The van der Waals surface area contributed by atoms with Crippen molar-refractivity contribution in [3.63, 3.8) is 0 Å². The molecule has 160 valence electrons. The lowest BCUT2D eigenvalue weighted by molar-refractivity contribution is -0.111. The number of nitrogens with zero attached hydrogens (tertiary/aromatic N) is 1. The molecule has 1 amide bonds. The summed E-state index contributed by atoms with van der Waals surface area (Å²) < 4.78 is 28.0. The summed E-state index contributed by atoms with van der Waals surface area (Å²) in [7, 11) is -3.47. The highest BCUT2D eigenvalue weighted by molar-refractivity contribution is 8.01. The lowest BCUT2D eigenvalue weighted by atomic mass is 10.2. The highest BCUT2D eigenvalue weighted by atomic mass is 32.2. The molecular formula is C22H21N3O3S3. The van der Waals surface area contributed by atoms with Crippen molar-refractivity contribution >= 4 is 50.8 Å². The number of carbonyl (C=O) groups is 1. The molecule has 1 aromatic heterocycles. The average molecular weight is 472 g/mol. The van der Waals surface area contributed by atoms with Crippen LogP contribution in [0.3, 0.4) is 0 Å². The topological polar surface area (TPSA) is 88.2 Å². The maximum absolute atomic E-state index is 12.2. The van der Waals surface area contributed by atoms with E-state index in [0.717, 1.165) is 33.3 Å². The highest BCUT2D eigenvalue weighted by Crippen LogP contribution is 2.30. The Balaban J connectivity index is 1.31. The van der Waals surface area contributed by atoms with E-state index in [1.165, 1.54) is 6.08 Å². The first kappa shape index (κ1) is 21.8. The van der Waals surface area contributed by atoms with Crippen molar-refractivity contribution in [1.82, 2.24) is 9.71 Å². The Kier molecular flexibility index (Phi) is 6.57. The van der Waals surface area contributed by atoms with Gasteiger partial charge < -0.3 is 5.32 Å². The Hall–Kier alpha value is -2.46. The van der Waals surface area contributed by atoms with Gasteiger partial charge in [-0.2, -0.15) is 0 Å². The number of amides is 1. The van der Waals surface area contributed by atoms with Gasteiger partial charge in [0.15, 0.2) is 4.34 Å². The zero-order chi connectivity index (χ0) is 21.8. The van der Waals surface area contributed by atoms with E-state index in [1.54, 1.807) is 53.4 Å². The molecule has 1 heterocycles. The predicted molar refractivity (Wildman–Crippen MR) is 125 cm³/mol. The molecule has 0 bridgehead atoms. The van der Waals surface area contributed by atoms with Crippen LogP contribution in [0.15, 0.2) is 74.1 Å². The minimum Gasteiger partial charge on any atom is -0.323 e. The van der Waals surface area contributed by atoms with E-state index in [-0.39, 0.29) is 16.8 Å². The summed E-state index contributed by atoms with van der Waals surface area (Å²) >= 11 is 3.19. The number of rotatable bonds is 8. The molecule has 31 heavy (non-hydrogen) atoms. The maximum Gasteiger partial charge on any atom is 0.248 e. The third kappa shape index (κ3) is 6.27. The van der Waals surface area contributed by atoms with Crippen LogP contribution >= 0.6 is 23.1 Å². The SMILES string of the molecule is Cc1csc(Sc2ccc(NC(=O)/C=C/c3ccc(S(=O)(=O)NC4CC4)cc3)cc2)n1. The fourth-order valence-electron chi connectivity index (χ4n) is 2.69. The van der Waals surface area contributed by atoms with Crippen molar-refractivity contribution < 1.29 is 13.2 Å². The molecule has 1 fully saturated rings. The van der Waals surface area contributed by atoms with Crippen LogP contribution < -0.4 is 10.0 Å². The molecule has 3 aromatic rings. The van der Waals surface area contributed by atoms with Gasteiger partial charge in [0.2, 0.25) is 15.9 Å². The second-order valence-corrected chi connectivity index (χ2v) is 11.1.